The van der Waals surface area contributed by atoms with E-state index in [2.05, 4.69) is 15.6 Å². The number of ether oxygens (including phenoxy) is 2. The topological polar surface area (TPSA) is 92.8 Å². The predicted molar refractivity (Wildman–Crippen MR) is 109 cm³/mol. The van der Waals surface area contributed by atoms with Crippen molar-refractivity contribution in [1.82, 2.24) is 10.3 Å². The number of hydrogen-bond donors (Lipinski definition) is 2. The molecule has 2 fully saturated rings. The summed E-state index contributed by atoms with van der Waals surface area (Å²) in [4.78, 5) is 31.3. The van der Waals surface area contributed by atoms with Crippen LogP contribution in [0.4, 0.5) is 11.5 Å². The summed E-state index contributed by atoms with van der Waals surface area (Å²) in [5.74, 6) is 1.56. The fraction of sp³-hybridized carbons (Fsp3) is 0.667. The number of carbonyl (C=O) groups is 2. The first-order valence-corrected chi connectivity index (χ1v) is 10.7. The quantitative estimate of drug-likeness (QED) is 0.676. The van der Waals surface area contributed by atoms with E-state index in [1.165, 1.54) is 0 Å². The minimum Gasteiger partial charge on any atom is -0.381 e. The van der Waals surface area contributed by atoms with Crippen molar-refractivity contribution in [3.63, 3.8) is 0 Å². The van der Waals surface area contributed by atoms with Crippen molar-refractivity contribution in [2.75, 3.05) is 56.3 Å². The molecule has 2 amide bonds. The lowest BCUT2D eigenvalue weighted by molar-refractivity contribution is -0.117. The van der Waals surface area contributed by atoms with Gasteiger partial charge < -0.3 is 25.0 Å². The number of pyridine rings is 1. The molecule has 8 nitrogen and oxygen atoms in total. The molecule has 1 aromatic heterocycles. The van der Waals surface area contributed by atoms with E-state index < -0.39 is 0 Å². The maximum absolute atomic E-state index is 12.6. The van der Waals surface area contributed by atoms with Gasteiger partial charge in [-0.1, -0.05) is 0 Å². The molecule has 0 bridgehead atoms. The van der Waals surface area contributed by atoms with E-state index in [0.29, 0.717) is 42.0 Å². The third-order valence-electron chi connectivity index (χ3n) is 6.01. The van der Waals surface area contributed by atoms with Crippen LogP contribution in [0.1, 0.15) is 42.5 Å². The zero-order valence-electron chi connectivity index (χ0n) is 16.8. The first-order valence-electron chi connectivity index (χ1n) is 10.7. The molecule has 2 N–H and O–H groups in total. The molecule has 3 aliphatic heterocycles. The molecule has 1 unspecified atom stereocenters. The Morgan fingerprint density at radius 1 is 1.21 bits per heavy atom. The number of nitrogens with one attached hydrogen (secondary N) is 2. The average Bonchev–Trinajstić information content (AvgIpc) is 3.27. The minimum atomic E-state index is -0.146. The molecule has 0 saturated carbocycles. The highest BCUT2D eigenvalue weighted by Crippen LogP contribution is 2.30. The van der Waals surface area contributed by atoms with Crippen molar-refractivity contribution in [3.05, 3.63) is 17.8 Å². The Balaban J connectivity index is 1.37. The van der Waals surface area contributed by atoms with Crippen LogP contribution in [-0.2, 0) is 14.3 Å². The summed E-state index contributed by atoms with van der Waals surface area (Å²) in [5.41, 5.74) is 1.19. The summed E-state index contributed by atoms with van der Waals surface area (Å²) in [7, 11) is 0. The van der Waals surface area contributed by atoms with Crippen LogP contribution in [0.25, 0.3) is 0 Å². The van der Waals surface area contributed by atoms with Crippen LogP contribution < -0.4 is 15.5 Å². The number of carbonyl (C=O) groups excluding carboxylic acids is 2. The average molecular weight is 402 g/mol. The molecular formula is C21H30N4O4. The third kappa shape index (κ3) is 5.05. The Labute approximate surface area is 171 Å². The zero-order valence-corrected chi connectivity index (χ0v) is 16.8. The third-order valence-corrected chi connectivity index (χ3v) is 6.01. The molecule has 1 atom stereocenters. The van der Waals surface area contributed by atoms with Gasteiger partial charge in [0.15, 0.2) is 0 Å². The number of fused-ring (bicyclic) bond motifs is 1. The number of anilines is 2. The summed E-state index contributed by atoms with van der Waals surface area (Å²) < 4.78 is 10.8. The first-order chi connectivity index (χ1) is 14.2. The van der Waals surface area contributed by atoms with E-state index >= 15 is 0 Å². The summed E-state index contributed by atoms with van der Waals surface area (Å²) >= 11 is 0. The second-order valence-corrected chi connectivity index (χ2v) is 8.13. The van der Waals surface area contributed by atoms with E-state index in [4.69, 9.17) is 9.47 Å². The van der Waals surface area contributed by atoms with Gasteiger partial charge in [-0.3, -0.25) is 9.59 Å². The van der Waals surface area contributed by atoms with Crippen molar-refractivity contribution in [1.29, 1.82) is 0 Å². The van der Waals surface area contributed by atoms with Crippen LogP contribution in [0.5, 0.6) is 0 Å². The molecule has 3 aliphatic rings. The van der Waals surface area contributed by atoms with Gasteiger partial charge >= 0.3 is 0 Å². The molecule has 0 aliphatic carbocycles. The Hall–Kier alpha value is -2.19. The summed E-state index contributed by atoms with van der Waals surface area (Å²) in [6.45, 7) is 4.70. The highest BCUT2D eigenvalue weighted by atomic mass is 16.5. The zero-order chi connectivity index (χ0) is 20.1. The maximum Gasteiger partial charge on any atom is 0.252 e. The molecule has 29 heavy (non-hydrogen) atoms. The van der Waals surface area contributed by atoms with E-state index in [1.807, 2.05) is 0 Å². The maximum atomic E-state index is 12.6. The smallest absolute Gasteiger partial charge is 0.252 e. The van der Waals surface area contributed by atoms with Gasteiger partial charge in [-0.25, -0.2) is 4.98 Å². The van der Waals surface area contributed by atoms with Crippen LogP contribution >= 0.6 is 0 Å². The van der Waals surface area contributed by atoms with E-state index in [9.17, 15) is 9.59 Å². The van der Waals surface area contributed by atoms with Gasteiger partial charge in [0.1, 0.15) is 5.82 Å². The normalized spacial score (nSPS) is 22.3. The molecule has 1 aromatic rings. The summed E-state index contributed by atoms with van der Waals surface area (Å²) in [6, 6.07) is 1.78. The number of hydrogen-bond acceptors (Lipinski definition) is 6. The summed E-state index contributed by atoms with van der Waals surface area (Å²) in [5, 5.41) is 6.04. The van der Waals surface area contributed by atoms with Gasteiger partial charge in [-0.2, -0.15) is 0 Å². The van der Waals surface area contributed by atoms with Gasteiger partial charge in [0.25, 0.3) is 5.91 Å². The molecule has 0 aromatic carbocycles. The molecular weight excluding hydrogens is 372 g/mol. The minimum absolute atomic E-state index is 0.0159. The van der Waals surface area contributed by atoms with E-state index in [1.54, 1.807) is 17.2 Å². The SMILES string of the molecule is O=C(NCCCC1CCOC1)c1cnc2c(c1)N(CC1CCOCC1)C(=O)CN2. The molecule has 8 heteroatoms. The Morgan fingerprint density at radius 2 is 2.00 bits per heavy atom. The van der Waals surface area contributed by atoms with Crippen LogP contribution in [0.3, 0.4) is 0 Å². The number of amides is 2. The van der Waals surface area contributed by atoms with Gasteiger partial charge in [-0.05, 0) is 50.0 Å². The van der Waals surface area contributed by atoms with Gasteiger partial charge in [0.05, 0.1) is 17.8 Å². The van der Waals surface area contributed by atoms with Crippen LogP contribution in [0, 0.1) is 11.8 Å². The van der Waals surface area contributed by atoms with Gasteiger partial charge in [0.2, 0.25) is 5.91 Å². The van der Waals surface area contributed by atoms with Crippen LogP contribution in [0.15, 0.2) is 12.3 Å². The fourth-order valence-corrected chi connectivity index (χ4v) is 4.20. The van der Waals surface area contributed by atoms with E-state index in [-0.39, 0.29) is 18.4 Å². The largest absolute Gasteiger partial charge is 0.381 e. The lowest BCUT2D eigenvalue weighted by Crippen LogP contribution is -2.44. The first kappa shape index (κ1) is 20.1. The van der Waals surface area contributed by atoms with Gasteiger partial charge in [-0.15, -0.1) is 0 Å². The monoisotopic (exact) mass is 402 g/mol. The number of rotatable bonds is 7. The second kappa shape index (κ2) is 9.54. The molecule has 4 rings (SSSR count). The van der Waals surface area contributed by atoms with Crippen LogP contribution in [-0.4, -0.2) is 62.9 Å². The van der Waals surface area contributed by atoms with Crippen molar-refractivity contribution >= 4 is 23.3 Å². The van der Waals surface area contributed by atoms with Crippen molar-refractivity contribution in [3.8, 4) is 0 Å². The van der Waals surface area contributed by atoms with Crippen LogP contribution in [0.2, 0.25) is 0 Å². The Bertz CT molecular complexity index is 729. The standard InChI is InChI=1S/C21H30N4O4/c26-19-12-24-20-18(25(19)13-15-3-7-28-8-4-15)10-17(11-23-20)21(27)22-6-1-2-16-5-9-29-14-16/h10-11,15-16H,1-9,12-14H2,(H,22,27)(H,23,24). The lowest BCUT2D eigenvalue weighted by atomic mass is 9.99. The van der Waals surface area contributed by atoms with Crippen molar-refractivity contribution in [2.45, 2.75) is 32.1 Å². The lowest BCUT2D eigenvalue weighted by Gasteiger charge is -2.33. The number of aromatic nitrogens is 1. The van der Waals surface area contributed by atoms with Gasteiger partial charge in [0, 0.05) is 45.7 Å². The number of nitrogens with zero attached hydrogens (tertiary/aromatic N) is 2. The fourth-order valence-electron chi connectivity index (χ4n) is 4.20. The highest BCUT2D eigenvalue weighted by Gasteiger charge is 2.29. The molecule has 0 spiro atoms. The highest BCUT2D eigenvalue weighted by molar-refractivity contribution is 6.04. The molecule has 0 radical (unpaired) electrons. The second-order valence-electron chi connectivity index (χ2n) is 8.13. The molecule has 4 heterocycles. The molecule has 2 saturated heterocycles. The Kier molecular flexibility index (Phi) is 6.61. The van der Waals surface area contributed by atoms with E-state index in [0.717, 1.165) is 58.5 Å². The predicted octanol–water partition coefficient (Wildman–Crippen LogP) is 1.81. The Morgan fingerprint density at radius 3 is 2.79 bits per heavy atom. The molecule has 158 valence electrons. The summed E-state index contributed by atoms with van der Waals surface area (Å²) in [6.07, 6.45) is 6.60. The van der Waals surface area contributed by atoms with Crippen molar-refractivity contribution < 1.29 is 19.1 Å². The van der Waals surface area contributed by atoms with Crippen molar-refractivity contribution in [2.24, 2.45) is 11.8 Å².